The van der Waals surface area contributed by atoms with Gasteiger partial charge in [0.25, 0.3) is 10.0 Å². The van der Waals surface area contributed by atoms with Gasteiger partial charge in [0.05, 0.1) is 12.2 Å². The molecule has 17 heavy (non-hydrogen) atoms. The van der Waals surface area contributed by atoms with Crippen LogP contribution in [-0.4, -0.2) is 44.7 Å². The number of aromatic carboxylic acids is 1. The zero-order chi connectivity index (χ0) is 12.9. The lowest BCUT2D eigenvalue weighted by molar-refractivity contribution is 0.0696. The summed E-state index contributed by atoms with van der Waals surface area (Å²) < 4.78 is 30.2. The molecule has 94 valence electrons. The maximum absolute atomic E-state index is 11.6. The van der Waals surface area contributed by atoms with Gasteiger partial charge in [0, 0.05) is 19.9 Å². The van der Waals surface area contributed by atoms with Crippen LogP contribution in [0.3, 0.4) is 0 Å². The first-order chi connectivity index (χ1) is 7.97. The molecule has 1 aromatic heterocycles. The minimum Gasteiger partial charge on any atom is -0.478 e. The number of carboxylic acids is 1. The van der Waals surface area contributed by atoms with Gasteiger partial charge in [-0.2, -0.15) is 0 Å². The first-order valence-corrected chi connectivity index (χ1v) is 6.13. The summed E-state index contributed by atoms with van der Waals surface area (Å²) in [5.41, 5.74) is -0.0687. The SMILES string of the molecule is COCCNS(=O)(=O)c1ccc(C(=O)O)cn1. The Morgan fingerprint density at radius 3 is 2.71 bits per heavy atom. The summed E-state index contributed by atoms with van der Waals surface area (Å²) in [6, 6.07) is 2.32. The maximum atomic E-state index is 11.6. The molecule has 0 aliphatic heterocycles. The molecule has 0 amide bonds. The normalized spacial score (nSPS) is 11.4. The second kappa shape index (κ2) is 5.71. The van der Waals surface area contributed by atoms with Crippen LogP contribution in [0.4, 0.5) is 0 Å². The number of hydrogen-bond donors (Lipinski definition) is 2. The summed E-state index contributed by atoms with van der Waals surface area (Å²) >= 11 is 0. The van der Waals surface area contributed by atoms with Crippen molar-refractivity contribution in [3.8, 4) is 0 Å². The number of pyridine rings is 1. The molecule has 0 spiro atoms. The van der Waals surface area contributed by atoms with Crippen LogP contribution in [0.1, 0.15) is 10.4 Å². The molecule has 0 unspecified atom stereocenters. The fraction of sp³-hybridized carbons (Fsp3) is 0.333. The van der Waals surface area contributed by atoms with Crippen molar-refractivity contribution in [3.05, 3.63) is 23.9 Å². The number of nitrogens with one attached hydrogen (secondary N) is 1. The third-order valence-electron chi connectivity index (χ3n) is 1.86. The van der Waals surface area contributed by atoms with E-state index in [-0.39, 0.29) is 23.7 Å². The van der Waals surface area contributed by atoms with E-state index in [1.54, 1.807) is 0 Å². The van der Waals surface area contributed by atoms with Crippen molar-refractivity contribution in [2.24, 2.45) is 0 Å². The van der Waals surface area contributed by atoms with E-state index in [9.17, 15) is 13.2 Å². The van der Waals surface area contributed by atoms with E-state index in [0.717, 1.165) is 12.3 Å². The standard InChI is InChI=1S/C9H12N2O5S/c1-16-5-4-11-17(14,15)8-3-2-7(6-10-8)9(12)13/h2-3,6,11H,4-5H2,1H3,(H,12,13). The molecule has 0 atom stereocenters. The number of carbonyl (C=O) groups is 1. The maximum Gasteiger partial charge on any atom is 0.337 e. The van der Waals surface area contributed by atoms with Crippen LogP contribution in [0.25, 0.3) is 0 Å². The van der Waals surface area contributed by atoms with E-state index in [1.165, 1.54) is 13.2 Å². The zero-order valence-electron chi connectivity index (χ0n) is 9.08. The molecule has 0 bridgehead atoms. The summed E-state index contributed by atoms with van der Waals surface area (Å²) in [5, 5.41) is 8.41. The first kappa shape index (κ1) is 13.6. The second-order valence-electron chi connectivity index (χ2n) is 3.08. The average Bonchev–Trinajstić information content (AvgIpc) is 2.29. The molecule has 0 saturated carbocycles. The average molecular weight is 260 g/mol. The van der Waals surface area contributed by atoms with Gasteiger partial charge in [0.1, 0.15) is 0 Å². The fourth-order valence-corrected chi connectivity index (χ4v) is 1.96. The van der Waals surface area contributed by atoms with Gasteiger partial charge in [0.15, 0.2) is 5.03 Å². The van der Waals surface area contributed by atoms with Crippen molar-refractivity contribution in [1.82, 2.24) is 9.71 Å². The number of nitrogens with zero attached hydrogens (tertiary/aromatic N) is 1. The molecule has 2 N–H and O–H groups in total. The topological polar surface area (TPSA) is 106 Å². The Balaban J connectivity index is 2.81. The lowest BCUT2D eigenvalue weighted by Crippen LogP contribution is -2.27. The van der Waals surface area contributed by atoms with Gasteiger partial charge >= 0.3 is 5.97 Å². The molecule has 0 fully saturated rings. The van der Waals surface area contributed by atoms with Crippen LogP contribution in [0.5, 0.6) is 0 Å². The summed E-state index contributed by atoms with van der Waals surface area (Å²) in [6.45, 7) is 0.369. The van der Waals surface area contributed by atoms with Gasteiger partial charge in [-0.05, 0) is 12.1 Å². The van der Waals surface area contributed by atoms with E-state index in [4.69, 9.17) is 9.84 Å². The summed E-state index contributed by atoms with van der Waals surface area (Å²) in [5.74, 6) is -1.16. The number of hydrogen-bond acceptors (Lipinski definition) is 5. The molecule has 1 heterocycles. The molecule has 0 saturated heterocycles. The molecule has 8 heteroatoms. The molecule has 0 aliphatic carbocycles. The van der Waals surface area contributed by atoms with E-state index >= 15 is 0 Å². The number of methoxy groups -OCH3 is 1. The third kappa shape index (κ3) is 3.77. The smallest absolute Gasteiger partial charge is 0.337 e. The van der Waals surface area contributed by atoms with Crippen molar-refractivity contribution >= 4 is 16.0 Å². The van der Waals surface area contributed by atoms with Crippen LogP contribution in [0.15, 0.2) is 23.4 Å². The molecular formula is C9H12N2O5S. The van der Waals surface area contributed by atoms with Gasteiger partial charge < -0.3 is 9.84 Å². The van der Waals surface area contributed by atoms with Crippen molar-refractivity contribution in [2.75, 3.05) is 20.3 Å². The highest BCUT2D eigenvalue weighted by atomic mass is 32.2. The van der Waals surface area contributed by atoms with E-state index < -0.39 is 16.0 Å². The largest absolute Gasteiger partial charge is 0.478 e. The van der Waals surface area contributed by atoms with E-state index in [2.05, 4.69) is 9.71 Å². The molecular weight excluding hydrogens is 248 g/mol. The molecule has 0 radical (unpaired) electrons. The number of ether oxygens (including phenoxy) is 1. The van der Waals surface area contributed by atoms with Crippen molar-refractivity contribution < 1.29 is 23.1 Å². The number of rotatable bonds is 6. The fourth-order valence-electron chi connectivity index (χ4n) is 1.02. The predicted molar refractivity (Wildman–Crippen MR) is 58.3 cm³/mol. The van der Waals surface area contributed by atoms with Crippen molar-refractivity contribution in [1.29, 1.82) is 0 Å². The van der Waals surface area contributed by atoms with E-state index in [0.29, 0.717) is 0 Å². The van der Waals surface area contributed by atoms with Crippen molar-refractivity contribution in [2.45, 2.75) is 5.03 Å². The molecule has 0 aliphatic rings. The molecule has 0 aromatic carbocycles. The van der Waals surface area contributed by atoms with Gasteiger partial charge in [0.2, 0.25) is 0 Å². The van der Waals surface area contributed by atoms with E-state index in [1.807, 2.05) is 0 Å². The number of sulfonamides is 1. The predicted octanol–water partition coefficient (Wildman–Crippen LogP) is -0.296. The summed E-state index contributed by atoms with van der Waals surface area (Å²) in [7, 11) is -2.26. The van der Waals surface area contributed by atoms with Crippen LogP contribution >= 0.6 is 0 Å². The van der Waals surface area contributed by atoms with Crippen LogP contribution in [-0.2, 0) is 14.8 Å². The summed E-state index contributed by atoms with van der Waals surface area (Å²) in [4.78, 5) is 14.1. The quantitative estimate of drug-likeness (QED) is 0.680. The lowest BCUT2D eigenvalue weighted by atomic mass is 10.3. The van der Waals surface area contributed by atoms with Gasteiger partial charge in [-0.25, -0.2) is 22.9 Å². The highest BCUT2D eigenvalue weighted by molar-refractivity contribution is 7.89. The van der Waals surface area contributed by atoms with Gasteiger partial charge in [-0.3, -0.25) is 0 Å². The Bertz CT molecular complexity index is 483. The zero-order valence-corrected chi connectivity index (χ0v) is 9.90. The molecule has 1 rings (SSSR count). The van der Waals surface area contributed by atoms with Crippen LogP contribution in [0, 0.1) is 0 Å². The Morgan fingerprint density at radius 2 is 2.24 bits per heavy atom. The van der Waals surface area contributed by atoms with Crippen molar-refractivity contribution in [3.63, 3.8) is 0 Å². The number of aromatic nitrogens is 1. The van der Waals surface area contributed by atoms with Crippen LogP contribution < -0.4 is 4.72 Å². The van der Waals surface area contributed by atoms with Gasteiger partial charge in [-0.1, -0.05) is 0 Å². The monoisotopic (exact) mass is 260 g/mol. The Kier molecular flexibility index (Phi) is 4.55. The molecule has 1 aromatic rings. The Hall–Kier alpha value is -1.51. The third-order valence-corrected chi connectivity index (χ3v) is 3.23. The first-order valence-electron chi connectivity index (χ1n) is 4.65. The minimum absolute atomic E-state index is 0.0687. The van der Waals surface area contributed by atoms with Gasteiger partial charge in [-0.15, -0.1) is 0 Å². The minimum atomic E-state index is -3.71. The van der Waals surface area contributed by atoms with Crippen LogP contribution in [0.2, 0.25) is 0 Å². The lowest BCUT2D eigenvalue weighted by Gasteiger charge is -2.05. The Morgan fingerprint density at radius 1 is 1.53 bits per heavy atom. The Labute approximate surface area is 98.5 Å². The molecule has 7 nitrogen and oxygen atoms in total. The second-order valence-corrected chi connectivity index (χ2v) is 4.79. The highest BCUT2D eigenvalue weighted by Gasteiger charge is 2.15. The highest BCUT2D eigenvalue weighted by Crippen LogP contribution is 2.06. The number of carboxylic acid groups (broad SMARTS) is 1. The summed E-state index contributed by atoms with van der Waals surface area (Å²) in [6.07, 6.45) is 0.993.